The number of likely N-dealkylation sites (tertiary alicyclic amines) is 1. The van der Waals surface area contributed by atoms with Gasteiger partial charge in [-0.2, -0.15) is 0 Å². The molecule has 1 saturated heterocycles. The van der Waals surface area contributed by atoms with Crippen molar-refractivity contribution in [1.29, 1.82) is 0 Å². The molecule has 1 N–H and O–H groups in total. The number of halogens is 1. The van der Waals surface area contributed by atoms with E-state index >= 15 is 0 Å². The second kappa shape index (κ2) is 9.27. The minimum Gasteiger partial charge on any atom is -0.361 e. The number of nitrogens with one attached hydrogen (secondary N) is 1. The van der Waals surface area contributed by atoms with Gasteiger partial charge in [0.1, 0.15) is 5.82 Å². The van der Waals surface area contributed by atoms with Gasteiger partial charge in [-0.3, -0.25) is 14.5 Å². The molecule has 1 aliphatic carbocycles. The van der Waals surface area contributed by atoms with Gasteiger partial charge in [0.05, 0.1) is 6.04 Å². The Kier molecular flexibility index (Phi) is 6.21. The summed E-state index contributed by atoms with van der Waals surface area (Å²) in [7, 11) is 0. The lowest BCUT2D eigenvalue weighted by Gasteiger charge is -2.38. The Balaban J connectivity index is 1.52. The van der Waals surface area contributed by atoms with Crippen molar-refractivity contribution in [3.63, 3.8) is 0 Å². The van der Waals surface area contributed by atoms with Gasteiger partial charge >= 0.3 is 0 Å². The zero-order valence-corrected chi connectivity index (χ0v) is 19.4. The van der Waals surface area contributed by atoms with Gasteiger partial charge in [-0.25, -0.2) is 4.39 Å². The predicted octanol–water partition coefficient (Wildman–Crippen LogP) is 5.76. The second-order valence-electron chi connectivity index (χ2n) is 8.97. The van der Waals surface area contributed by atoms with Crippen molar-refractivity contribution in [2.24, 2.45) is 5.92 Å². The number of hydrogen-bond acceptors (Lipinski definition) is 4. The summed E-state index contributed by atoms with van der Waals surface area (Å²) >= 11 is 1.35. The van der Waals surface area contributed by atoms with Crippen LogP contribution in [0.5, 0.6) is 0 Å². The number of fused-ring (bicyclic) bond motifs is 1. The molecule has 0 bridgehead atoms. The fraction of sp³-hybridized carbons (Fsp3) is 0.333. The predicted molar refractivity (Wildman–Crippen MR) is 131 cm³/mol. The Morgan fingerprint density at radius 2 is 1.88 bits per heavy atom. The highest BCUT2D eigenvalue weighted by Crippen LogP contribution is 2.41. The van der Waals surface area contributed by atoms with E-state index in [1.54, 1.807) is 25.1 Å². The SMILES string of the molecule is CC(=O)SC1CCN(C(C(=O)C2CC2)c2ccccc2F)C/C1=C/c1c[nH]c2ccccc12. The van der Waals surface area contributed by atoms with Crippen molar-refractivity contribution >= 4 is 39.6 Å². The number of aromatic nitrogens is 1. The van der Waals surface area contributed by atoms with Crippen molar-refractivity contribution in [3.05, 3.63) is 77.2 Å². The number of nitrogens with zero attached hydrogens (tertiary/aromatic N) is 1. The van der Waals surface area contributed by atoms with E-state index in [2.05, 4.69) is 22.0 Å². The Morgan fingerprint density at radius 1 is 1.12 bits per heavy atom. The van der Waals surface area contributed by atoms with E-state index in [4.69, 9.17) is 0 Å². The van der Waals surface area contributed by atoms with E-state index in [1.807, 2.05) is 24.4 Å². The minimum atomic E-state index is -0.589. The van der Waals surface area contributed by atoms with Crippen molar-refractivity contribution in [3.8, 4) is 0 Å². The second-order valence-corrected chi connectivity index (χ2v) is 10.3. The van der Waals surface area contributed by atoms with Gasteiger partial charge in [0.25, 0.3) is 0 Å². The lowest BCUT2D eigenvalue weighted by Crippen LogP contribution is -2.43. The Morgan fingerprint density at radius 3 is 2.64 bits per heavy atom. The monoisotopic (exact) mass is 462 g/mol. The molecule has 1 saturated carbocycles. The van der Waals surface area contributed by atoms with Crippen molar-refractivity contribution < 1.29 is 14.0 Å². The fourth-order valence-corrected chi connectivity index (χ4v) is 5.73. The van der Waals surface area contributed by atoms with Crippen LogP contribution in [0.1, 0.15) is 43.4 Å². The Hall–Kier alpha value is -2.70. The molecule has 0 radical (unpaired) electrons. The van der Waals surface area contributed by atoms with Gasteiger partial charge in [0, 0.05) is 53.8 Å². The average Bonchev–Trinajstić information content (AvgIpc) is 3.58. The van der Waals surface area contributed by atoms with Crippen molar-refractivity contribution in [2.75, 3.05) is 13.1 Å². The van der Waals surface area contributed by atoms with E-state index < -0.39 is 6.04 Å². The first-order valence-electron chi connectivity index (χ1n) is 11.5. The lowest BCUT2D eigenvalue weighted by molar-refractivity contribution is -0.126. The van der Waals surface area contributed by atoms with Crippen LogP contribution in [-0.4, -0.2) is 39.1 Å². The van der Waals surface area contributed by atoms with Crippen LogP contribution in [0.15, 0.2) is 60.3 Å². The van der Waals surface area contributed by atoms with E-state index in [1.165, 1.54) is 17.8 Å². The maximum Gasteiger partial charge on any atom is 0.186 e. The third kappa shape index (κ3) is 4.68. The van der Waals surface area contributed by atoms with Crippen LogP contribution >= 0.6 is 11.8 Å². The number of H-pyrrole nitrogens is 1. The first-order valence-corrected chi connectivity index (χ1v) is 12.3. The maximum absolute atomic E-state index is 14.8. The third-order valence-corrected chi connectivity index (χ3v) is 7.72. The summed E-state index contributed by atoms with van der Waals surface area (Å²) in [5.74, 6) is -0.192. The molecule has 2 unspecified atom stereocenters. The molecule has 1 aromatic heterocycles. The normalized spacial score (nSPS) is 21.4. The highest BCUT2D eigenvalue weighted by atomic mass is 32.2. The number of ketones is 1. The summed E-state index contributed by atoms with van der Waals surface area (Å²) in [6, 6.07) is 14.2. The topological polar surface area (TPSA) is 53.2 Å². The average molecular weight is 463 g/mol. The molecule has 2 fully saturated rings. The number of carbonyl (C=O) groups is 2. The highest BCUT2D eigenvalue weighted by Gasteiger charge is 2.41. The summed E-state index contributed by atoms with van der Waals surface area (Å²) in [5, 5.41) is 1.25. The number of rotatable bonds is 6. The molecule has 2 atom stereocenters. The van der Waals surface area contributed by atoms with Crippen LogP contribution in [0.3, 0.4) is 0 Å². The van der Waals surface area contributed by atoms with Gasteiger partial charge in [-0.15, -0.1) is 0 Å². The zero-order valence-electron chi connectivity index (χ0n) is 18.6. The van der Waals surface area contributed by atoms with Crippen LogP contribution in [-0.2, 0) is 9.59 Å². The summed E-state index contributed by atoms with van der Waals surface area (Å²) < 4.78 is 14.8. The van der Waals surface area contributed by atoms with Crippen LogP contribution < -0.4 is 0 Å². The quantitative estimate of drug-likeness (QED) is 0.506. The van der Waals surface area contributed by atoms with Crippen molar-refractivity contribution in [2.45, 2.75) is 37.5 Å². The van der Waals surface area contributed by atoms with E-state index in [9.17, 15) is 14.0 Å². The molecular weight excluding hydrogens is 435 g/mol. The van der Waals surface area contributed by atoms with Gasteiger partial charge in [0.15, 0.2) is 10.9 Å². The number of hydrogen-bond donors (Lipinski definition) is 1. The molecule has 2 aliphatic rings. The fourth-order valence-electron chi connectivity index (χ4n) is 4.81. The molecular formula is C27H27FN2O2S. The molecule has 4 nitrogen and oxygen atoms in total. The van der Waals surface area contributed by atoms with Crippen LogP contribution in [0, 0.1) is 11.7 Å². The molecule has 2 heterocycles. The van der Waals surface area contributed by atoms with Gasteiger partial charge in [0.2, 0.25) is 0 Å². The largest absolute Gasteiger partial charge is 0.361 e. The van der Waals surface area contributed by atoms with Gasteiger partial charge < -0.3 is 4.98 Å². The number of aromatic amines is 1. The summed E-state index contributed by atoms with van der Waals surface area (Å²) in [5.41, 5.74) is 3.67. The van der Waals surface area contributed by atoms with Gasteiger partial charge in [-0.1, -0.05) is 54.2 Å². The first kappa shape index (κ1) is 22.1. The van der Waals surface area contributed by atoms with Crippen LogP contribution in [0.25, 0.3) is 17.0 Å². The summed E-state index contributed by atoms with van der Waals surface area (Å²) in [6.07, 6.45) is 6.64. The minimum absolute atomic E-state index is 0.0278. The summed E-state index contributed by atoms with van der Waals surface area (Å²) in [6.45, 7) is 2.77. The maximum atomic E-state index is 14.8. The van der Waals surface area contributed by atoms with E-state index in [0.717, 1.165) is 41.3 Å². The molecule has 0 spiro atoms. The lowest BCUT2D eigenvalue weighted by atomic mass is 9.93. The van der Waals surface area contributed by atoms with E-state index in [-0.39, 0.29) is 27.9 Å². The molecule has 33 heavy (non-hydrogen) atoms. The van der Waals surface area contributed by atoms with Crippen LogP contribution in [0.2, 0.25) is 0 Å². The van der Waals surface area contributed by atoms with Gasteiger partial charge in [-0.05, 0) is 42.5 Å². The van der Waals surface area contributed by atoms with Crippen LogP contribution in [0.4, 0.5) is 4.39 Å². The summed E-state index contributed by atoms with van der Waals surface area (Å²) in [4.78, 5) is 30.7. The van der Waals surface area contributed by atoms with E-state index in [0.29, 0.717) is 18.7 Å². The molecule has 170 valence electrons. The highest BCUT2D eigenvalue weighted by molar-refractivity contribution is 8.14. The van der Waals surface area contributed by atoms with Crippen molar-refractivity contribution in [1.82, 2.24) is 9.88 Å². The molecule has 6 heteroatoms. The number of Topliss-reactive ketones (excluding diaryl/α,β-unsaturated/α-hetero) is 1. The number of benzene rings is 2. The molecule has 5 rings (SSSR count). The molecule has 2 aromatic carbocycles. The zero-order chi connectivity index (χ0) is 22.9. The first-order chi connectivity index (χ1) is 16.0. The smallest absolute Gasteiger partial charge is 0.186 e. The Labute approximate surface area is 197 Å². The molecule has 1 aliphatic heterocycles. The Bertz CT molecular complexity index is 1230. The number of thioether (sulfide) groups is 1. The number of para-hydroxylation sites is 1. The standard InChI is InChI=1S/C27H27FN2O2S/c1-17(31)33-25-12-13-30(16-20(25)14-19-15-29-24-9-5-3-6-21(19)24)26(27(32)18-10-11-18)22-7-2-4-8-23(22)28/h2-9,14-15,18,25-26,29H,10-13,16H2,1H3/b20-14-. The third-order valence-electron chi connectivity index (χ3n) is 6.56. The molecule has 0 amide bonds. The molecule has 3 aromatic rings. The number of piperidine rings is 1. The number of carbonyl (C=O) groups excluding carboxylic acids is 2.